The first-order chi connectivity index (χ1) is 14.8. The van der Waals surface area contributed by atoms with Gasteiger partial charge in [0.15, 0.2) is 5.76 Å². The maximum atomic E-state index is 13.6. The van der Waals surface area contributed by atoms with Crippen molar-refractivity contribution < 1.29 is 27.2 Å². The lowest BCUT2D eigenvalue weighted by atomic mass is 10.1. The Morgan fingerprint density at radius 2 is 1.84 bits per heavy atom. The van der Waals surface area contributed by atoms with E-state index in [9.17, 15) is 22.8 Å². The highest BCUT2D eigenvalue weighted by Gasteiger charge is 2.34. The third kappa shape index (κ3) is 4.67. The van der Waals surface area contributed by atoms with Gasteiger partial charge < -0.3 is 15.1 Å². The zero-order valence-corrected chi connectivity index (χ0v) is 17.0. The minimum absolute atomic E-state index is 0.0109. The molecule has 0 aliphatic heterocycles. The van der Waals surface area contributed by atoms with E-state index in [0.29, 0.717) is 5.01 Å². The number of thiophene rings is 1. The number of thiazole rings is 1. The number of hydrogen-bond acceptors (Lipinski definition) is 6. The normalized spacial score (nSPS) is 11.3. The second-order valence-corrected chi connectivity index (χ2v) is 7.96. The summed E-state index contributed by atoms with van der Waals surface area (Å²) in [6.45, 7) is 0. The molecule has 2 N–H and O–H groups in total. The van der Waals surface area contributed by atoms with Gasteiger partial charge in [-0.05, 0) is 41.8 Å². The molecule has 11 heteroatoms. The van der Waals surface area contributed by atoms with Crippen LogP contribution in [0.15, 0.2) is 63.9 Å². The summed E-state index contributed by atoms with van der Waals surface area (Å²) in [5, 5.41) is 8.54. The highest BCUT2D eigenvalue weighted by Crippen LogP contribution is 2.37. The molecule has 0 radical (unpaired) electrons. The molecule has 0 unspecified atom stereocenters. The largest absolute Gasteiger partial charge is 0.459 e. The molecular weight excluding hydrogens is 451 g/mol. The molecule has 6 nitrogen and oxygen atoms in total. The smallest absolute Gasteiger partial charge is 0.418 e. The number of furan rings is 1. The van der Waals surface area contributed by atoms with E-state index in [4.69, 9.17) is 4.42 Å². The average molecular weight is 463 g/mol. The van der Waals surface area contributed by atoms with Crippen molar-refractivity contribution in [1.82, 2.24) is 4.98 Å². The Hall–Kier alpha value is -3.44. The number of benzene rings is 1. The third-order valence-electron chi connectivity index (χ3n) is 4.04. The van der Waals surface area contributed by atoms with Crippen molar-refractivity contribution in [3.05, 3.63) is 76.5 Å². The second-order valence-electron chi connectivity index (χ2n) is 6.16. The summed E-state index contributed by atoms with van der Waals surface area (Å²) in [5.74, 6) is -1.51. The topological polar surface area (TPSA) is 84.2 Å². The number of carbonyl (C=O) groups is 2. The van der Waals surface area contributed by atoms with Crippen LogP contribution in [0.5, 0.6) is 0 Å². The number of amides is 2. The quantitative estimate of drug-likeness (QED) is 0.381. The van der Waals surface area contributed by atoms with Crippen molar-refractivity contribution in [2.75, 3.05) is 10.6 Å². The van der Waals surface area contributed by atoms with Crippen LogP contribution in [-0.2, 0) is 6.18 Å². The number of carbonyl (C=O) groups excluding carboxylic acids is 2. The van der Waals surface area contributed by atoms with Gasteiger partial charge in [0.2, 0.25) is 0 Å². The monoisotopic (exact) mass is 463 g/mol. The molecule has 0 saturated heterocycles. The molecule has 158 valence electrons. The van der Waals surface area contributed by atoms with Gasteiger partial charge >= 0.3 is 6.18 Å². The SMILES string of the molecule is O=C(Nc1ccc(NC(=O)c2ccco2)cc1C(F)(F)F)c1csc(-c2cccs2)n1. The fourth-order valence-electron chi connectivity index (χ4n) is 2.64. The molecule has 0 saturated carbocycles. The number of aromatic nitrogens is 1. The summed E-state index contributed by atoms with van der Waals surface area (Å²) in [5.41, 5.74) is -1.64. The third-order valence-corrected chi connectivity index (χ3v) is 5.93. The molecule has 0 fully saturated rings. The van der Waals surface area contributed by atoms with Crippen molar-refractivity contribution in [3.8, 4) is 9.88 Å². The van der Waals surface area contributed by atoms with Crippen LogP contribution < -0.4 is 10.6 Å². The zero-order chi connectivity index (χ0) is 22.0. The Morgan fingerprint density at radius 1 is 1.00 bits per heavy atom. The summed E-state index contributed by atoms with van der Waals surface area (Å²) < 4.78 is 45.7. The van der Waals surface area contributed by atoms with Gasteiger partial charge in [-0.3, -0.25) is 9.59 Å². The van der Waals surface area contributed by atoms with E-state index in [-0.39, 0.29) is 17.1 Å². The molecular formula is C20H12F3N3O3S2. The highest BCUT2D eigenvalue weighted by atomic mass is 32.1. The van der Waals surface area contributed by atoms with Crippen molar-refractivity contribution in [3.63, 3.8) is 0 Å². The molecule has 0 bridgehead atoms. The van der Waals surface area contributed by atoms with Gasteiger partial charge in [-0.15, -0.1) is 22.7 Å². The van der Waals surface area contributed by atoms with Crippen LogP contribution in [0.25, 0.3) is 9.88 Å². The predicted molar refractivity (Wildman–Crippen MR) is 111 cm³/mol. The summed E-state index contributed by atoms with van der Waals surface area (Å²) in [7, 11) is 0. The van der Waals surface area contributed by atoms with E-state index in [2.05, 4.69) is 15.6 Å². The van der Waals surface area contributed by atoms with Gasteiger partial charge in [-0.1, -0.05) is 6.07 Å². The standard InChI is InChI=1S/C20H12F3N3O3S2/c21-20(22,23)12-9-11(24-18(28)15-3-1-7-29-15)5-6-13(12)25-17(27)14-10-31-19(26-14)16-4-2-8-30-16/h1-10H,(H,24,28)(H,25,27). The van der Waals surface area contributed by atoms with E-state index in [1.54, 1.807) is 0 Å². The molecule has 4 rings (SSSR count). The first-order valence-electron chi connectivity index (χ1n) is 8.68. The van der Waals surface area contributed by atoms with E-state index in [1.807, 2.05) is 17.5 Å². The van der Waals surface area contributed by atoms with Gasteiger partial charge in [0.1, 0.15) is 10.7 Å². The number of halogens is 3. The number of rotatable bonds is 5. The number of alkyl halides is 3. The van der Waals surface area contributed by atoms with Crippen LogP contribution in [-0.4, -0.2) is 16.8 Å². The molecule has 0 atom stereocenters. The van der Waals surface area contributed by atoms with E-state index >= 15 is 0 Å². The Labute approximate surface area is 181 Å². The summed E-state index contributed by atoms with van der Waals surface area (Å²) in [6, 6.07) is 9.61. The molecule has 0 aliphatic rings. The molecule has 0 spiro atoms. The lowest BCUT2D eigenvalue weighted by Gasteiger charge is -2.15. The number of nitrogens with one attached hydrogen (secondary N) is 2. The molecule has 31 heavy (non-hydrogen) atoms. The van der Waals surface area contributed by atoms with Crippen molar-refractivity contribution in [1.29, 1.82) is 0 Å². The lowest BCUT2D eigenvalue weighted by Crippen LogP contribution is -2.18. The first kappa shape index (κ1) is 20.8. The Bertz CT molecular complexity index is 1220. The lowest BCUT2D eigenvalue weighted by molar-refractivity contribution is -0.136. The van der Waals surface area contributed by atoms with Crippen LogP contribution in [0.3, 0.4) is 0 Å². The van der Waals surface area contributed by atoms with Gasteiger partial charge in [0.05, 0.1) is 22.4 Å². The Kier molecular flexibility index (Phi) is 5.61. The van der Waals surface area contributed by atoms with Gasteiger partial charge in [-0.2, -0.15) is 13.2 Å². The fraction of sp³-hybridized carbons (Fsp3) is 0.0500. The van der Waals surface area contributed by atoms with Crippen LogP contribution in [0.2, 0.25) is 0 Å². The Morgan fingerprint density at radius 3 is 2.52 bits per heavy atom. The van der Waals surface area contributed by atoms with Gasteiger partial charge in [0, 0.05) is 11.1 Å². The average Bonchev–Trinajstić information content (AvgIpc) is 3.49. The Balaban J connectivity index is 1.56. The molecule has 0 aliphatic carbocycles. The minimum atomic E-state index is -4.77. The van der Waals surface area contributed by atoms with E-state index in [0.717, 1.165) is 17.0 Å². The van der Waals surface area contributed by atoms with Crippen LogP contribution in [0.1, 0.15) is 26.6 Å². The molecule has 3 aromatic heterocycles. The second kappa shape index (κ2) is 8.36. The fourth-order valence-corrected chi connectivity index (χ4v) is 4.26. The summed E-state index contributed by atoms with van der Waals surface area (Å²) >= 11 is 2.67. The van der Waals surface area contributed by atoms with Crippen LogP contribution in [0, 0.1) is 0 Å². The van der Waals surface area contributed by atoms with E-state index in [1.165, 1.54) is 52.5 Å². The van der Waals surface area contributed by atoms with Crippen molar-refractivity contribution >= 4 is 45.9 Å². The number of nitrogens with zero attached hydrogens (tertiary/aromatic N) is 1. The van der Waals surface area contributed by atoms with Gasteiger partial charge in [-0.25, -0.2) is 4.98 Å². The van der Waals surface area contributed by atoms with Crippen LogP contribution >= 0.6 is 22.7 Å². The minimum Gasteiger partial charge on any atom is -0.459 e. The molecule has 4 aromatic rings. The van der Waals surface area contributed by atoms with E-state index < -0.39 is 29.2 Å². The molecule has 1 aromatic carbocycles. The van der Waals surface area contributed by atoms with Gasteiger partial charge in [0.25, 0.3) is 11.8 Å². The van der Waals surface area contributed by atoms with Crippen LogP contribution in [0.4, 0.5) is 24.5 Å². The summed E-state index contributed by atoms with van der Waals surface area (Å²) in [6.07, 6.45) is -3.49. The predicted octanol–water partition coefficient (Wildman–Crippen LogP) is 5.99. The van der Waals surface area contributed by atoms with Crippen molar-refractivity contribution in [2.45, 2.75) is 6.18 Å². The highest BCUT2D eigenvalue weighted by molar-refractivity contribution is 7.20. The molecule has 3 heterocycles. The zero-order valence-electron chi connectivity index (χ0n) is 15.4. The number of hydrogen-bond donors (Lipinski definition) is 2. The number of anilines is 2. The maximum absolute atomic E-state index is 13.6. The van der Waals surface area contributed by atoms with Crippen molar-refractivity contribution in [2.24, 2.45) is 0 Å². The summed E-state index contributed by atoms with van der Waals surface area (Å²) in [4.78, 5) is 29.6. The maximum Gasteiger partial charge on any atom is 0.418 e. The molecule has 2 amide bonds. The first-order valence-corrected chi connectivity index (χ1v) is 10.4.